The molecule has 0 saturated carbocycles. The van der Waals surface area contributed by atoms with E-state index < -0.39 is 0 Å². The number of hydrogen-bond donors (Lipinski definition) is 2. The van der Waals surface area contributed by atoms with Crippen LogP contribution in [-0.2, 0) is 6.42 Å². The van der Waals surface area contributed by atoms with E-state index in [1.807, 2.05) is 20.9 Å². The number of nitrogens with one attached hydrogen (secondary N) is 2. The Morgan fingerprint density at radius 2 is 2.08 bits per heavy atom. The summed E-state index contributed by atoms with van der Waals surface area (Å²) in [6.07, 6.45) is 2.95. The Hall–Kier alpha value is -1.66. The first kappa shape index (κ1) is 19.7. The topological polar surface area (TPSA) is 82.3 Å². The number of aromatic nitrogens is 1. The molecule has 1 saturated heterocycles. The van der Waals surface area contributed by atoms with Gasteiger partial charge in [-0.15, -0.1) is 12.4 Å². The molecule has 0 bridgehead atoms. The number of nitrogens with zero attached hydrogens (tertiary/aromatic N) is 1. The zero-order valence-corrected chi connectivity index (χ0v) is 15.8. The highest BCUT2D eigenvalue weighted by Gasteiger charge is 2.35. The zero-order chi connectivity index (χ0) is 17.5. The fourth-order valence-electron chi connectivity index (χ4n) is 3.89. The number of H-pyrrole nitrogens is 1. The van der Waals surface area contributed by atoms with E-state index in [1.54, 1.807) is 4.90 Å². The molecule has 6 nitrogen and oxygen atoms in total. The summed E-state index contributed by atoms with van der Waals surface area (Å²) >= 11 is 0. The number of hydrogen-bond acceptors (Lipinski definition) is 4. The van der Waals surface area contributed by atoms with Crippen LogP contribution in [0.1, 0.15) is 59.5 Å². The molecule has 7 heteroatoms. The van der Waals surface area contributed by atoms with E-state index in [9.17, 15) is 14.4 Å². The number of halogens is 1. The summed E-state index contributed by atoms with van der Waals surface area (Å²) < 4.78 is 0. The Labute approximate surface area is 153 Å². The van der Waals surface area contributed by atoms with Crippen LogP contribution >= 0.6 is 12.4 Å². The van der Waals surface area contributed by atoms with E-state index in [0.717, 1.165) is 12.8 Å². The first-order chi connectivity index (χ1) is 11.3. The Morgan fingerprint density at radius 3 is 2.76 bits per heavy atom. The maximum absolute atomic E-state index is 12.8. The minimum Gasteiger partial charge on any atom is -0.334 e. The number of likely N-dealkylation sites (N-methyl/N-ethyl adjacent to an activating group) is 1. The van der Waals surface area contributed by atoms with E-state index >= 15 is 0 Å². The van der Waals surface area contributed by atoms with E-state index in [0.29, 0.717) is 37.2 Å². The number of likely N-dealkylation sites (tertiary alicyclic amines) is 1. The van der Waals surface area contributed by atoms with Crippen molar-refractivity contribution in [1.29, 1.82) is 0 Å². The summed E-state index contributed by atoms with van der Waals surface area (Å²) in [5, 5.41) is 3.09. The van der Waals surface area contributed by atoms with Gasteiger partial charge in [0.15, 0.2) is 5.78 Å². The SMILES string of the molecule is CNCC1CCCN1C(=O)c1cc2c([nH]c1=O)CC(C)(C)CC2=O.Cl. The van der Waals surface area contributed by atoms with Gasteiger partial charge < -0.3 is 15.2 Å². The van der Waals surface area contributed by atoms with Crippen molar-refractivity contribution >= 4 is 24.1 Å². The predicted octanol–water partition coefficient (Wildman–Crippen LogP) is 1.78. The van der Waals surface area contributed by atoms with Gasteiger partial charge in [-0.05, 0) is 37.8 Å². The van der Waals surface area contributed by atoms with Crippen molar-refractivity contribution in [3.63, 3.8) is 0 Å². The van der Waals surface area contributed by atoms with Gasteiger partial charge in [0.2, 0.25) is 0 Å². The molecule has 1 aromatic rings. The maximum atomic E-state index is 12.8. The van der Waals surface area contributed by atoms with Crippen molar-refractivity contribution in [3.05, 3.63) is 33.2 Å². The predicted molar refractivity (Wildman–Crippen MR) is 98.7 cm³/mol. The minimum atomic E-state index is -0.389. The van der Waals surface area contributed by atoms with Crippen molar-refractivity contribution in [2.45, 2.75) is 45.6 Å². The molecule has 0 aromatic carbocycles. The molecule has 2 aliphatic rings. The van der Waals surface area contributed by atoms with Gasteiger partial charge in [0, 0.05) is 36.8 Å². The maximum Gasteiger partial charge on any atom is 0.261 e. The van der Waals surface area contributed by atoms with Gasteiger partial charge in [-0.25, -0.2) is 0 Å². The molecule has 1 amide bonds. The van der Waals surface area contributed by atoms with Crippen LogP contribution in [-0.4, -0.2) is 47.8 Å². The van der Waals surface area contributed by atoms with E-state index in [-0.39, 0.29) is 46.7 Å². The number of pyridine rings is 1. The van der Waals surface area contributed by atoms with Crippen LogP contribution < -0.4 is 10.9 Å². The molecule has 0 radical (unpaired) electrons. The summed E-state index contributed by atoms with van der Waals surface area (Å²) in [5.74, 6) is -0.269. The van der Waals surface area contributed by atoms with Crippen molar-refractivity contribution in [2.75, 3.05) is 20.1 Å². The van der Waals surface area contributed by atoms with Crippen molar-refractivity contribution in [1.82, 2.24) is 15.2 Å². The lowest BCUT2D eigenvalue weighted by atomic mass is 9.75. The highest BCUT2D eigenvalue weighted by atomic mass is 35.5. The lowest BCUT2D eigenvalue weighted by Crippen LogP contribution is -2.43. The summed E-state index contributed by atoms with van der Waals surface area (Å²) in [7, 11) is 1.85. The van der Waals surface area contributed by atoms with Crippen LogP contribution in [0.4, 0.5) is 0 Å². The van der Waals surface area contributed by atoms with Gasteiger partial charge in [-0.1, -0.05) is 13.8 Å². The van der Waals surface area contributed by atoms with Crippen LogP contribution in [0, 0.1) is 5.41 Å². The molecule has 1 fully saturated rings. The number of ketones is 1. The first-order valence-corrected chi connectivity index (χ1v) is 8.57. The smallest absolute Gasteiger partial charge is 0.261 e. The molecule has 138 valence electrons. The molecular formula is C18H26ClN3O3. The van der Waals surface area contributed by atoms with E-state index in [4.69, 9.17) is 0 Å². The normalized spacial score (nSPS) is 21.6. The Kier molecular flexibility index (Phi) is 5.74. The standard InChI is InChI=1S/C18H25N3O3.ClH/c1-18(2)8-14-12(15(22)9-18)7-13(16(23)20-14)17(24)21-6-4-5-11(21)10-19-3;/h7,11,19H,4-6,8-10H2,1-3H3,(H,20,23);1H. The summed E-state index contributed by atoms with van der Waals surface area (Å²) in [4.78, 5) is 42.2. The molecule has 2 heterocycles. The van der Waals surface area contributed by atoms with Crippen molar-refractivity contribution < 1.29 is 9.59 Å². The van der Waals surface area contributed by atoms with Crippen LogP contribution in [0.5, 0.6) is 0 Å². The molecule has 0 spiro atoms. The third-order valence-electron chi connectivity index (χ3n) is 5.03. The summed E-state index contributed by atoms with van der Waals surface area (Å²) in [5.41, 5.74) is 0.697. The summed E-state index contributed by atoms with van der Waals surface area (Å²) in [6, 6.07) is 1.62. The molecule has 25 heavy (non-hydrogen) atoms. The van der Waals surface area contributed by atoms with E-state index in [1.165, 1.54) is 6.07 Å². The Balaban J connectivity index is 0.00000225. The highest BCUT2D eigenvalue weighted by molar-refractivity contribution is 6.02. The molecule has 2 N–H and O–H groups in total. The monoisotopic (exact) mass is 367 g/mol. The number of carbonyl (C=O) groups is 2. The molecule has 1 aliphatic heterocycles. The van der Waals surface area contributed by atoms with Gasteiger partial charge in [0.25, 0.3) is 11.5 Å². The lowest BCUT2D eigenvalue weighted by molar-refractivity contribution is 0.0735. The minimum absolute atomic E-state index is 0. The Morgan fingerprint density at radius 1 is 1.36 bits per heavy atom. The third kappa shape index (κ3) is 3.80. The van der Waals surface area contributed by atoms with Crippen LogP contribution in [0.15, 0.2) is 10.9 Å². The van der Waals surface area contributed by atoms with Crippen molar-refractivity contribution in [2.24, 2.45) is 5.41 Å². The molecular weight excluding hydrogens is 342 g/mol. The molecule has 1 atom stereocenters. The van der Waals surface area contributed by atoms with Gasteiger partial charge in [0.05, 0.1) is 0 Å². The van der Waals surface area contributed by atoms with Crippen LogP contribution in [0.2, 0.25) is 0 Å². The molecule has 1 unspecified atom stereocenters. The van der Waals surface area contributed by atoms with E-state index in [2.05, 4.69) is 10.3 Å². The quantitative estimate of drug-likeness (QED) is 0.853. The Bertz CT molecular complexity index is 742. The molecule has 1 aliphatic carbocycles. The molecule has 3 rings (SSSR count). The van der Waals surface area contributed by atoms with Gasteiger partial charge >= 0.3 is 0 Å². The fraction of sp³-hybridized carbons (Fsp3) is 0.611. The average Bonchev–Trinajstić information content (AvgIpc) is 2.93. The van der Waals surface area contributed by atoms with Gasteiger partial charge in [-0.2, -0.15) is 0 Å². The molecule has 1 aromatic heterocycles. The second kappa shape index (κ2) is 7.30. The number of carbonyl (C=O) groups excluding carboxylic acids is 2. The average molecular weight is 368 g/mol. The summed E-state index contributed by atoms with van der Waals surface area (Å²) in [6.45, 7) is 5.39. The number of rotatable bonds is 3. The first-order valence-electron chi connectivity index (χ1n) is 8.57. The van der Waals surface area contributed by atoms with Crippen molar-refractivity contribution in [3.8, 4) is 0 Å². The number of aromatic amines is 1. The second-order valence-electron chi connectivity index (χ2n) is 7.70. The number of Topliss-reactive ketones (excluding diaryl/α,β-unsaturated/α-hetero) is 1. The lowest BCUT2D eigenvalue weighted by Gasteiger charge is -2.30. The van der Waals surface area contributed by atoms with Gasteiger partial charge in [-0.3, -0.25) is 14.4 Å². The number of amides is 1. The fourth-order valence-corrected chi connectivity index (χ4v) is 3.89. The zero-order valence-electron chi connectivity index (χ0n) is 15.0. The van der Waals surface area contributed by atoms with Crippen LogP contribution in [0.3, 0.4) is 0 Å². The third-order valence-corrected chi connectivity index (χ3v) is 5.03. The largest absolute Gasteiger partial charge is 0.334 e. The van der Waals surface area contributed by atoms with Crippen LogP contribution in [0.25, 0.3) is 0 Å². The second-order valence-corrected chi connectivity index (χ2v) is 7.70. The van der Waals surface area contributed by atoms with Gasteiger partial charge in [0.1, 0.15) is 5.56 Å². The highest BCUT2D eigenvalue weighted by Crippen LogP contribution is 2.33. The number of fused-ring (bicyclic) bond motifs is 1.